The van der Waals surface area contributed by atoms with Crippen LogP contribution >= 0.6 is 0 Å². The smallest absolute Gasteiger partial charge is 0.271 e. The maximum atomic E-state index is 10.9. The number of nitro groups is 1. The Kier molecular flexibility index (Phi) is 4.21. The zero-order valence-corrected chi connectivity index (χ0v) is 14.4. The molecule has 4 rings (SSSR count). The van der Waals surface area contributed by atoms with E-state index in [0.29, 0.717) is 29.0 Å². The second kappa shape index (κ2) is 6.83. The van der Waals surface area contributed by atoms with Gasteiger partial charge in [-0.25, -0.2) is 9.97 Å². The van der Waals surface area contributed by atoms with Crippen molar-refractivity contribution >= 4 is 22.4 Å². The molecule has 8 heteroatoms. The Morgan fingerprint density at radius 3 is 2.70 bits per heavy atom. The second-order valence-corrected chi connectivity index (χ2v) is 6.08. The molecule has 0 atom stereocenters. The third kappa shape index (κ3) is 3.45. The molecule has 0 fully saturated rings. The molecule has 0 amide bonds. The summed E-state index contributed by atoms with van der Waals surface area (Å²) in [4.78, 5) is 18.8. The van der Waals surface area contributed by atoms with Gasteiger partial charge in [-0.05, 0) is 13.0 Å². The maximum Gasteiger partial charge on any atom is 0.271 e. The monoisotopic (exact) mass is 361 g/mol. The van der Waals surface area contributed by atoms with Crippen molar-refractivity contribution in [1.29, 1.82) is 0 Å². The predicted octanol–water partition coefficient (Wildman–Crippen LogP) is 4.11. The molecule has 0 aliphatic carbocycles. The van der Waals surface area contributed by atoms with E-state index in [0.717, 1.165) is 11.3 Å². The summed E-state index contributed by atoms with van der Waals surface area (Å²) < 4.78 is 5.39. The standard InChI is InChI=1S/C19H15N5O3/c1-12-2-4-13(5-3-12)17-9-15(27-23-17)10-20-19-16-7-6-14(24(25)26)8-18(16)21-11-22-19/h2-9,11H,10H2,1H3,(H,20,21,22). The topological polar surface area (TPSA) is 107 Å². The Balaban J connectivity index is 1.54. The molecule has 0 spiro atoms. The average Bonchev–Trinajstić information content (AvgIpc) is 3.15. The average molecular weight is 361 g/mol. The van der Waals surface area contributed by atoms with Crippen LogP contribution in [0.1, 0.15) is 11.3 Å². The zero-order valence-electron chi connectivity index (χ0n) is 14.4. The molecule has 27 heavy (non-hydrogen) atoms. The highest BCUT2D eigenvalue weighted by molar-refractivity contribution is 5.90. The molecule has 0 unspecified atom stereocenters. The van der Waals surface area contributed by atoms with Gasteiger partial charge in [0.1, 0.15) is 17.8 Å². The minimum atomic E-state index is -0.449. The van der Waals surface area contributed by atoms with Crippen LogP contribution in [0, 0.1) is 17.0 Å². The van der Waals surface area contributed by atoms with Gasteiger partial charge >= 0.3 is 0 Å². The number of rotatable bonds is 5. The first kappa shape index (κ1) is 16.6. The summed E-state index contributed by atoms with van der Waals surface area (Å²) >= 11 is 0. The van der Waals surface area contributed by atoms with Gasteiger partial charge in [0.25, 0.3) is 5.69 Å². The van der Waals surface area contributed by atoms with Crippen LogP contribution in [0.5, 0.6) is 0 Å². The number of non-ortho nitro benzene ring substituents is 1. The third-order valence-electron chi connectivity index (χ3n) is 4.17. The molecule has 4 aromatic rings. The fourth-order valence-corrected chi connectivity index (χ4v) is 2.73. The fraction of sp³-hybridized carbons (Fsp3) is 0.105. The molecule has 0 radical (unpaired) electrons. The Morgan fingerprint density at radius 1 is 1.11 bits per heavy atom. The summed E-state index contributed by atoms with van der Waals surface area (Å²) in [6.07, 6.45) is 1.37. The second-order valence-electron chi connectivity index (χ2n) is 6.08. The molecule has 0 aliphatic rings. The Hall–Kier alpha value is -3.81. The van der Waals surface area contributed by atoms with Crippen LogP contribution in [-0.4, -0.2) is 20.0 Å². The van der Waals surface area contributed by atoms with Crippen molar-refractivity contribution in [3.63, 3.8) is 0 Å². The van der Waals surface area contributed by atoms with E-state index in [9.17, 15) is 10.1 Å². The minimum absolute atomic E-state index is 0.00914. The molecule has 1 N–H and O–H groups in total. The number of nitrogens with zero attached hydrogens (tertiary/aromatic N) is 4. The molecular weight excluding hydrogens is 346 g/mol. The summed E-state index contributed by atoms with van der Waals surface area (Å²) in [5.41, 5.74) is 3.41. The number of hydrogen-bond acceptors (Lipinski definition) is 7. The lowest BCUT2D eigenvalue weighted by atomic mass is 10.1. The SMILES string of the molecule is Cc1ccc(-c2cc(CNc3ncnc4cc([N+](=O)[O-])ccc34)on2)cc1. The molecule has 8 nitrogen and oxygen atoms in total. The van der Waals surface area contributed by atoms with Gasteiger partial charge < -0.3 is 9.84 Å². The van der Waals surface area contributed by atoms with Crippen molar-refractivity contribution in [3.05, 3.63) is 76.3 Å². The van der Waals surface area contributed by atoms with E-state index >= 15 is 0 Å². The van der Waals surface area contributed by atoms with Crippen LogP contribution in [0.3, 0.4) is 0 Å². The largest absolute Gasteiger partial charge is 0.362 e. The summed E-state index contributed by atoms with van der Waals surface area (Å²) in [5, 5.41) is 18.9. The zero-order chi connectivity index (χ0) is 18.8. The highest BCUT2D eigenvalue weighted by Crippen LogP contribution is 2.25. The van der Waals surface area contributed by atoms with E-state index in [4.69, 9.17) is 4.52 Å². The van der Waals surface area contributed by atoms with Crippen molar-refractivity contribution in [2.75, 3.05) is 5.32 Å². The van der Waals surface area contributed by atoms with Gasteiger partial charge in [0.2, 0.25) is 0 Å². The summed E-state index contributed by atoms with van der Waals surface area (Å²) in [6.45, 7) is 2.41. The first-order valence-corrected chi connectivity index (χ1v) is 8.26. The van der Waals surface area contributed by atoms with Crippen LogP contribution in [0.15, 0.2) is 59.4 Å². The summed E-state index contributed by atoms with van der Waals surface area (Å²) in [7, 11) is 0. The van der Waals surface area contributed by atoms with Crippen molar-refractivity contribution in [2.45, 2.75) is 13.5 Å². The van der Waals surface area contributed by atoms with Crippen LogP contribution in [0.2, 0.25) is 0 Å². The number of nitrogens with one attached hydrogen (secondary N) is 1. The van der Waals surface area contributed by atoms with E-state index in [1.807, 2.05) is 37.3 Å². The molecule has 0 saturated carbocycles. The van der Waals surface area contributed by atoms with Gasteiger partial charge in [0.05, 0.1) is 17.0 Å². The Labute approximate surface area is 154 Å². The van der Waals surface area contributed by atoms with Crippen molar-refractivity contribution in [3.8, 4) is 11.3 Å². The lowest BCUT2D eigenvalue weighted by molar-refractivity contribution is -0.384. The van der Waals surface area contributed by atoms with Gasteiger partial charge in [0.15, 0.2) is 5.76 Å². The van der Waals surface area contributed by atoms with Gasteiger partial charge in [-0.1, -0.05) is 35.0 Å². The van der Waals surface area contributed by atoms with Crippen molar-refractivity contribution in [2.24, 2.45) is 0 Å². The highest BCUT2D eigenvalue weighted by Gasteiger charge is 2.11. The van der Waals surface area contributed by atoms with E-state index in [2.05, 4.69) is 20.4 Å². The van der Waals surface area contributed by atoms with Gasteiger partial charge in [-0.15, -0.1) is 0 Å². The highest BCUT2D eigenvalue weighted by atomic mass is 16.6. The van der Waals surface area contributed by atoms with Crippen LogP contribution in [0.25, 0.3) is 22.2 Å². The molecular formula is C19H15N5O3. The number of nitro benzene ring substituents is 1. The molecule has 134 valence electrons. The lowest BCUT2D eigenvalue weighted by Crippen LogP contribution is -2.02. The lowest BCUT2D eigenvalue weighted by Gasteiger charge is -2.06. The molecule has 2 aromatic carbocycles. The summed E-state index contributed by atoms with van der Waals surface area (Å²) in [6, 6.07) is 14.4. The van der Waals surface area contributed by atoms with Crippen LogP contribution < -0.4 is 5.32 Å². The van der Waals surface area contributed by atoms with Gasteiger partial charge in [0, 0.05) is 29.1 Å². The molecule has 0 aliphatic heterocycles. The first-order valence-electron chi connectivity index (χ1n) is 8.26. The molecule has 2 aromatic heterocycles. The number of aromatic nitrogens is 3. The first-order chi connectivity index (χ1) is 13.1. The molecule has 0 bridgehead atoms. The van der Waals surface area contributed by atoms with Crippen LogP contribution in [-0.2, 0) is 6.54 Å². The molecule has 2 heterocycles. The number of benzene rings is 2. The Bertz CT molecular complexity index is 1120. The maximum absolute atomic E-state index is 10.9. The van der Waals surface area contributed by atoms with Crippen LogP contribution in [0.4, 0.5) is 11.5 Å². The third-order valence-corrected chi connectivity index (χ3v) is 4.17. The van der Waals surface area contributed by atoms with Gasteiger partial charge in [-0.2, -0.15) is 0 Å². The van der Waals surface area contributed by atoms with E-state index < -0.39 is 4.92 Å². The Morgan fingerprint density at radius 2 is 1.93 bits per heavy atom. The number of anilines is 1. The van der Waals surface area contributed by atoms with E-state index in [1.165, 1.54) is 24.0 Å². The minimum Gasteiger partial charge on any atom is -0.362 e. The van der Waals surface area contributed by atoms with E-state index in [-0.39, 0.29) is 5.69 Å². The van der Waals surface area contributed by atoms with Gasteiger partial charge in [-0.3, -0.25) is 10.1 Å². The normalized spacial score (nSPS) is 10.9. The number of fused-ring (bicyclic) bond motifs is 1. The number of hydrogen-bond donors (Lipinski definition) is 1. The van der Waals surface area contributed by atoms with Crippen molar-refractivity contribution in [1.82, 2.24) is 15.1 Å². The van der Waals surface area contributed by atoms with Crippen molar-refractivity contribution < 1.29 is 9.45 Å². The fourth-order valence-electron chi connectivity index (χ4n) is 2.73. The molecule has 0 saturated heterocycles. The summed E-state index contributed by atoms with van der Waals surface area (Å²) in [5.74, 6) is 1.22. The number of aryl methyl sites for hydroxylation is 1. The van der Waals surface area contributed by atoms with E-state index in [1.54, 1.807) is 6.07 Å². The predicted molar refractivity (Wildman–Crippen MR) is 100 cm³/mol. The quantitative estimate of drug-likeness (QED) is 0.421.